The summed E-state index contributed by atoms with van der Waals surface area (Å²) in [6.07, 6.45) is 8.97. The molecule has 0 fully saturated rings. The van der Waals surface area contributed by atoms with Crippen molar-refractivity contribution in [2.45, 2.75) is 25.4 Å². The zero-order chi connectivity index (χ0) is 9.97. The topological polar surface area (TPSA) is 9.23 Å². The van der Waals surface area contributed by atoms with Crippen LogP contribution in [0.15, 0.2) is 18.2 Å². The Morgan fingerprint density at radius 3 is 3.00 bits per heavy atom. The van der Waals surface area contributed by atoms with E-state index >= 15 is 0 Å². The van der Waals surface area contributed by atoms with E-state index in [9.17, 15) is 0 Å². The fourth-order valence-electron chi connectivity index (χ4n) is 2.01. The van der Waals surface area contributed by atoms with E-state index in [2.05, 4.69) is 18.1 Å². The molecule has 1 aliphatic rings. The highest BCUT2D eigenvalue weighted by Gasteiger charge is 2.17. The van der Waals surface area contributed by atoms with Crippen LogP contribution >= 0.6 is 0 Å². The lowest BCUT2D eigenvalue weighted by Crippen LogP contribution is -2.21. The number of fused-ring (bicyclic) bond motifs is 1. The lowest BCUT2D eigenvalue weighted by atomic mass is 9.88. The highest BCUT2D eigenvalue weighted by molar-refractivity contribution is 5.41. The zero-order valence-electron chi connectivity index (χ0n) is 8.42. The first-order valence-electron chi connectivity index (χ1n) is 4.94. The first kappa shape index (κ1) is 9.30. The van der Waals surface area contributed by atoms with Crippen LogP contribution in [0.5, 0.6) is 0 Å². The van der Waals surface area contributed by atoms with Gasteiger partial charge in [0.1, 0.15) is 0 Å². The quantitative estimate of drug-likeness (QED) is 0.611. The molecule has 0 heterocycles. The van der Waals surface area contributed by atoms with Crippen molar-refractivity contribution < 1.29 is 4.74 Å². The molecule has 1 aromatic rings. The molecule has 14 heavy (non-hydrogen) atoms. The Kier molecular flexibility index (Phi) is 2.56. The molecule has 0 aromatic heterocycles. The number of aryl methyl sites for hydroxylation is 1. The molecule has 0 bridgehead atoms. The van der Waals surface area contributed by atoms with Crippen LogP contribution in [0.1, 0.15) is 23.1 Å². The molecule has 0 radical (unpaired) electrons. The summed E-state index contributed by atoms with van der Waals surface area (Å²) in [7, 11) is 1.78. The van der Waals surface area contributed by atoms with Crippen LogP contribution < -0.4 is 0 Å². The van der Waals surface area contributed by atoms with E-state index in [0.29, 0.717) is 6.10 Å². The van der Waals surface area contributed by atoms with Gasteiger partial charge in [-0.05, 0) is 42.5 Å². The van der Waals surface area contributed by atoms with E-state index in [1.165, 1.54) is 11.1 Å². The molecule has 0 saturated heterocycles. The van der Waals surface area contributed by atoms with Crippen LogP contribution in [-0.2, 0) is 17.6 Å². The average Bonchev–Trinajstić information content (AvgIpc) is 2.27. The van der Waals surface area contributed by atoms with Crippen molar-refractivity contribution in [3.05, 3.63) is 34.9 Å². The molecule has 0 aliphatic heterocycles. The molecule has 1 unspecified atom stereocenters. The van der Waals surface area contributed by atoms with Gasteiger partial charge < -0.3 is 4.74 Å². The highest BCUT2D eigenvalue weighted by atomic mass is 16.5. The van der Waals surface area contributed by atoms with Gasteiger partial charge in [-0.15, -0.1) is 6.42 Å². The molecule has 1 heteroatoms. The summed E-state index contributed by atoms with van der Waals surface area (Å²) in [5.41, 5.74) is 3.77. The molecule has 0 amide bonds. The summed E-state index contributed by atoms with van der Waals surface area (Å²) in [5.74, 6) is 2.67. The van der Waals surface area contributed by atoms with Gasteiger partial charge in [0.25, 0.3) is 0 Å². The highest BCUT2D eigenvalue weighted by Crippen LogP contribution is 2.23. The third-order valence-corrected chi connectivity index (χ3v) is 2.89. The summed E-state index contributed by atoms with van der Waals surface area (Å²) in [6.45, 7) is 0. The third kappa shape index (κ3) is 1.66. The minimum Gasteiger partial charge on any atom is -0.381 e. The Bertz CT molecular complexity index is 373. The second kappa shape index (κ2) is 3.86. The number of hydrogen-bond donors (Lipinski definition) is 0. The van der Waals surface area contributed by atoms with Crippen molar-refractivity contribution in [3.63, 3.8) is 0 Å². The van der Waals surface area contributed by atoms with Crippen molar-refractivity contribution in [2.24, 2.45) is 0 Å². The van der Waals surface area contributed by atoms with E-state index in [0.717, 1.165) is 24.8 Å². The molecule has 0 saturated carbocycles. The second-order valence-electron chi connectivity index (χ2n) is 3.73. The maximum atomic E-state index is 5.36. The van der Waals surface area contributed by atoms with Crippen molar-refractivity contribution in [1.82, 2.24) is 0 Å². The van der Waals surface area contributed by atoms with Crippen LogP contribution in [0, 0.1) is 12.3 Å². The number of benzene rings is 1. The molecule has 1 nitrogen and oxygen atoms in total. The molecule has 1 aromatic carbocycles. The number of terminal acetylenes is 1. The molecule has 0 N–H and O–H groups in total. The van der Waals surface area contributed by atoms with Gasteiger partial charge in [-0.1, -0.05) is 12.0 Å². The lowest BCUT2D eigenvalue weighted by Gasteiger charge is -2.23. The summed E-state index contributed by atoms with van der Waals surface area (Å²) in [5, 5.41) is 0. The smallest absolute Gasteiger partial charge is 0.0614 e. The van der Waals surface area contributed by atoms with Gasteiger partial charge in [-0.2, -0.15) is 0 Å². The van der Waals surface area contributed by atoms with Crippen LogP contribution in [0.3, 0.4) is 0 Å². The van der Waals surface area contributed by atoms with Crippen LogP contribution in [0.25, 0.3) is 0 Å². The molecule has 2 rings (SSSR count). The van der Waals surface area contributed by atoms with Crippen LogP contribution in [-0.4, -0.2) is 13.2 Å². The van der Waals surface area contributed by atoms with Gasteiger partial charge in [0.05, 0.1) is 6.10 Å². The maximum Gasteiger partial charge on any atom is 0.0614 e. The first-order valence-corrected chi connectivity index (χ1v) is 4.94. The maximum absolute atomic E-state index is 5.36. The fourth-order valence-corrected chi connectivity index (χ4v) is 2.01. The van der Waals surface area contributed by atoms with E-state index in [-0.39, 0.29) is 0 Å². The molecular weight excluding hydrogens is 172 g/mol. The second-order valence-corrected chi connectivity index (χ2v) is 3.73. The molecule has 0 spiro atoms. The Hall–Kier alpha value is -1.26. The Morgan fingerprint density at radius 1 is 1.43 bits per heavy atom. The van der Waals surface area contributed by atoms with Crippen LogP contribution in [0.2, 0.25) is 0 Å². The normalized spacial score (nSPS) is 19.9. The van der Waals surface area contributed by atoms with Crippen LogP contribution in [0.4, 0.5) is 0 Å². The van der Waals surface area contributed by atoms with Gasteiger partial charge >= 0.3 is 0 Å². The van der Waals surface area contributed by atoms with Crippen molar-refractivity contribution in [2.75, 3.05) is 7.11 Å². The number of ether oxygens (including phenoxy) is 1. The summed E-state index contributed by atoms with van der Waals surface area (Å²) in [6, 6.07) is 6.27. The fraction of sp³-hybridized carbons (Fsp3) is 0.385. The number of hydrogen-bond acceptors (Lipinski definition) is 1. The Balaban J connectivity index is 2.29. The van der Waals surface area contributed by atoms with E-state index in [1.54, 1.807) is 7.11 Å². The van der Waals surface area contributed by atoms with Crippen molar-refractivity contribution in [3.8, 4) is 12.3 Å². The SMILES string of the molecule is C#Cc1ccc2c(c1)CCC(OC)C2. The number of methoxy groups -OCH3 is 1. The summed E-state index contributed by atoms with van der Waals surface area (Å²) < 4.78 is 5.36. The first-order chi connectivity index (χ1) is 6.83. The van der Waals surface area contributed by atoms with Crippen molar-refractivity contribution >= 4 is 0 Å². The van der Waals surface area contributed by atoms with Crippen molar-refractivity contribution in [1.29, 1.82) is 0 Å². The monoisotopic (exact) mass is 186 g/mol. The molecule has 72 valence electrons. The van der Waals surface area contributed by atoms with E-state index in [4.69, 9.17) is 11.2 Å². The average molecular weight is 186 g/mol. The molecule has 1 atom stereocenters. The number of rotatable bonds is 1. The Labute approximate surface area is 85.1 Å². The van der Waals surface area contributed by atoms with E-state index < -0.39 is 0 Å². The Morgan fingerprint density at radius 2 is 2.29 bits per heavy atom. The largest absolute Gasteiger partial charge is 0.381 e. The van der Waals surface area contributed by atoms with Gasteiger partial charge in [0, 0.05) is 12.7 Å². The predicted octanol–water partition coefficient (Wildman–Crippen LogP) is 2.17. The predicted molar refractivity (Wildman–Crippen MR) is 57.2 cm³/mol. The lowest BCUT2D eigenvalue weighted by molar-refractivity contribution is 0.0911. The minimum atomic E-state index is 0.388. The summed E-state index contributed by atoms with van der Waals surface area (Å²) >= 11 is 0. The zero-order valence-corrected chi connectivity index (χ0v) is 8.42. The molecule has 1 aliphatic carbocycles. The standard InChI is InChI=1S/C13H14O/c1-3-10-4-5-12-9-13(14-2)7-6-11(12)8-10/h1,4-5,8,13H,6-7,9H2,2H3. The van der Waals surface area contributed by atoms with Gasteiger partial charge in [0.2, 0.25) is 0 Å². The van der Waals surface area contributed by atoms with Gasteiger partial charge in [-0.3, -0.25) is 0 Å². The molecular formula is C13H14O. The van der Waals surface area contributed by atoms with E-state index in [1.807, 2.05) is 6.07 Å². The summed E-state index contributed by atoms with van der Waals surface area (Å²) in [4.78, 5) is 0. The van der Waals surface area contributed by atoms with Gasteiger partial charge in [-0.25, -0.2) is 0 Å². The van der Waals surface area contributed by atoms with Gasteiger partial charge in [0.15, 0.2) is 0 Å². The minimum absolute atomic E-state index is 0.388. The third-order valence-electron chi connectivity index (χ3n) is 2.89.